The zero-order chi connectivity index (χ0) is 24.3. The number of likely N-dealkylation sites (tertiary alicyclic amines) is 1. The third-order valence-electron chi connectivity index (χ3n) is 5.60. The second-order valence-corrected chi connectivity index (χ2v) is 9.48. The minimum atomic E-state index is -1.13. The molecule has 3 amide bonds. The summed E-state index contributed by atoms with van der Waals surface area (Å²) in [6.45, 7) is 4.43. The summed E-state index contributed by atoms with van der Waals surface area (Å²) in [5.41, 5.74) is 11.5. The highest BCUT2D eigenvalue weighted by Gasteiger charge is 2.38. The molecule has 1 aliphatic heterocycles. The third-order valence-corrected chi connectivity index (χ3v) is 6.24. The summed E-state index contributed by atoms with van der Waals surface area (Å²) >= 11 is 1.60. The molecule has 0 spiro atoms. The molecule has 10 nitrogen and oxygen atoms in total. The largest absolute Gasteiger partial charge is 0.480 e. The molecule has 1 fully saturated rings. The highest BCUT2D eigenvalue weighted by Crippen LogP contribution is 2.20. The zero-order valence-electron chi connectivity index (χ0n) is 19.3. The summed E-state index contributed by atoms with van der Waals surface area (Å²) in [4.78, 5) is 51.5. The average Bonchev–Trinajstić information content (AvgIpc) is 3.23. The lowest BCUT2D eigenvalue weighted by Gasteiger charge is -2.29. The van der Waals surface area contributed by atoms with Crippen LogP contribution in [0.25, 0.3) is 0 Å². The Kier molecular flexibility index (Phi) is 12.6. The predicted molar refractivity (Wildman–Crippen MR) is 125 cm³/mol. The molecule has 184 valence electrons. The van der Waals surface area contributed by atoms with Crippen molar-refractivity contribution in [2.75, 3.05) is 25.1 Å². The van der Waals surface area contributed by atoms with Gasteiger partial charge in [0.2, 0.25) is 17.7 Å². The van der Waals surface area contributed by atoms with Crippen molar-refractivity contribution >= 4 is 35.5 Å². The van der Waals surface area contributed by atoms with E-state index < -0.39 is 42.0 Å². The van der Waals surface area contributed by atoms with E-state index in [0.717, 1.165) is 5.75 Å². The van der Waals surface area contributed by atoms with E-state index in [1.165, 1.54) is 4.90 Å². The molecule has 0 radical (unpaired) electrons. The number of carbonyl (C=O) groups is 4. The summed E-state index contributed by atoms with van der Waals surface area (Å²) < 4.78 is 0. The molecule has 1 heterocycles. The van der Waals surface area contributed by atoms with Crippen molar-refractivity contribution < 1.29 is 24.3 Å². The van der Waals surface area contributed by atoms with E-state index in [2.05, 4.69) is 10.6 Å². The maximum absolute atomic E-state index is 13.0. The number of unbranched alkanes of at least 4 members (excludes halogenated alkanes) is 1. The monoisotopic (exact) mass is 473 g/mol. The van der Waals surface area contributed by atoms with E-state index in [9.17, 15) is 24.3 Å². The lowest BCUT2D eigenvalue weighted by atomic mass is 10.0. The number of nitrogens with one attached hydrogen (secondary N) is 2. The maximum Gasteiger partial charge on any atom is 0.326 e. The molecule has 0 aliphatic carbocycles. The molecular weight excluding hydrogens is 434 g/mol. The topological polar surface area (TPSA) is 168 Å². The summed E-state index contributed by atoms with van der Waals surface area (Å²) in [5.74, 6) is -1.88. The van der Waals surface area contributed by atoms with Crippen LogP contribution in [-0.2, 0) is 19.2 Å². The number of hydrogen-bond acceptors (Lipinski definition) is 7. The van der Waals surface area contributed by atoms with Crippen LogP contribution in [-0.4, -0.2) is 83.0 Å². The smallest absolute Gasteiger partial charge is 0.326 e. The van der Waals surface area contributed by atoms with Crippen molar-refractivity contribution in [2.24, 2.45) is 17.4 Å². The van der Waals surface area contributed by atoms with Crippen LogP contribution < -0.4 is 22.1 Å². The minimum Gasteiger partial charge on any atom is -0.480 e. The first-order valence-corrected chi connectivity index (χ1v) is 12.6. The van der Waals surface area contributed by atoms with Crippen LogP contribution in [0.4, 0.5) is 0 Å². The molecule has 4 unspecified atom stereocenters. The van der Waals surface area contributed by atoms with Crippen LogP contribution in [0.15, 0.2) is 0 Å². The van der Waals surface area contributed by atoms with E-state index in [1.54, 1.807) is 25.6 Å². The molecule has 4 atom stereocenters. The standard InChI is InChI=1S/C21H39N5O5S/c1-13(2)17(19(28)24-15(21(30)31)7-4-5-10-22)25-18(27)16-8-6-11-26(16)20(29)14(23)9-12-32-3/h13-17H,4-12,22-23H2,1-3H3,(H,24,28)(H,25,27)(H,30,31). The Morgan fingerprint density at radius 3 is 2.41 bits per heavy atom. The first-order chi connectivity index (χ1) is 15.1. The van der Waals surface area contributed by atoms with E-state index in [0.29, 0.717) is 45.2 Å². The van der Waals surface area contributed by atoms with Gasteiger partial charge in [-0.2, -0.15) is 11.8 Å². The second-order valence-electron chi connectivity index (χ2n) is 8.49. The molecular formula is C21H39N5O5S. The fourth-order valence-electron chi connectivity index (χ4n) is 3.68. The summed E-state index contributed by atoms with van der Waals surface area (Å²) in [5, 5.41) is 14.7. The van der Waals surface area contributed by atoms with Gasteiger partial charge in [-0.25, -0.2) is 4.79 Å². The highest BCUT2D eigenvalue weighted by molar-refractivity contribution is 7.98. The van der Waals surface area contributed by atoms with Gasteiger partial charge in [0, 0.05) is 6.54 Å². The molecule has 11 heteroatoms. The van der Waals surface area contributed by atoms with Crippen LogP contribution in [0, 0.1) is 5.92 Å². The lowest BCUT2D eigenvalue weighted by molar-refractivity contribution is -0.143. The van der Waals surface area contributed by atoms with Crippen LogP contribution in [0.1, 0.15) is 52.4 Å². The number of nitrogens with zero attached hydrogens (tertiary/aromatic N) is 1. The average molecular weight is 474 g/mol. The van der Waals surface area contributed by atoms with E-state index in [-0.39, 0.29) is 18.2 Å². The first-order valence-electron chi connectivity index (χ1n) is 11.2. The highest BCUT2D eigenvalue weighted by atomic mass is 32.2. The number of hydrogen-bond donors (Lipinski definition) is 5. The Bertz CT molecular complexity index is 648. The SMILES string of the molecule is CSCCC(N)C(=O)N1CCCC1C(=O)NC(C(=O)NC(CCCCN)C(=O)O)C(C)C. The summed E-state index contributed by atoms with van der Waals surface area (Å²) in [6, 6.07) is -3.31. The zero-order valence-corrected chi connectivity index (χ0v) is 20.2. The predicted octanol–water partition coefficient (Wildman–Crippen LogP) is -0.103. The number of carbonyl (C=O) groups excluding carboxylic acids is 3. The number of carboxylic acid groups (broad SMARTS) is 1. The van der Waals surface area contributed by atoms with Crippen LogP contribution in [0.5, 0.6) is 0 Å². The van der Waals surface area contributed by atoms with Gasteiger partial charge in [0.1, 0.15) is 18.1 Å². The fourth-order valence-corrected chi connectivity index (χ4v) is 4.17. The normalized spacial score (nSPS) is 18.8. The Morgan fingerprint density at radius 2 is 1.84 bits per heavy atom. The van der Waals surface area contributed by atoms with Gasteiger partial charge in [-0.3, -0.25) is 14.4 Å². The second kappa shape index (κ2) is 14.3. The minimum absolute atomic E-state index is 0.256. The van der Waals surface area contributed by atoms with Crippen LogP contribution in [0.2, 0.25) is 0 Å². The van der Waals surface area contributed by atoms with Gasteiger partial charge in [-0.05, 0) is 63.0 Å². The number of rotatable bonds is 14. The van der Waals surface area contributed by atoms with Gasteiger partial charge in [0.25, 0.3) is 0 Å². The molecule has 0 bridgehead atoms. The van der Waals surface area contributed by atoms with Crippen molar-refractivity contribution in [3.63, 3.8) is 0 Å². The van der Waals surface area contributed by atoms with Crippen molar-refractivity contribution in [2.45, 2.75) is 76.5 Å². The number of aliphatic carboxylic acids is 1. The molecule has 0 aromatic rings. The Hall–Kier alpha value is -1.85. The summed E-state index contributed by atoms with van der Waals surface area (Å²) in [7, 11) is 0. The Labute approximate surface area is 194 Å². The fraction of sp³-hybridized carbons (Fsp3) is 0.810. The molecule has 32 heavy (non-hydrogen) atoms. The van der Waals surface area contributed by atoms with Gasteiger partial charge in [0.05, 0.1) is 6.04 Å². The number of thioether (sulfide) groups is 1. The van der Waals surface area contributed by atoms with Gasteiger partial charge in [0.15, 0.2) is 0 Å². The van der Waals surface area contributed by atoms with Crippen LogP contribution >= 0.6 is 11.8 Å². The lowest BCUT2D eigenvalue weighted by Crippen LogP contribution is -2.58. The molecule has 7 N–H and O–H groups in total. The molecule has 0 saturated carbocycles. The molecule has 1 saturated heterocycles. The summed E-state index contributed by atoms with van der Waals surface area (Å²) in [6.07, 6.45) is 5.14. The van der Waals surface area contributed by atoms with E-state index >= 15 is 0 Å². The molecule has 1 rings (SSSR count). The Balaban J connectivity index is 2.81. The number of nitrogens with two attached hydrogens (primary N) is 2. The quantitative estimate of drug-likeness (QED) is 0.218. The van der Waals surface area contributed by atoms with Crippen molar-refractivity contribution in [1.82, 2.24) is 15.5 Å². The first kappa shape index (κ1) is 28.2. The maximum atomic E-state index is 13.0. The molecule has 1 aliphatic rings. The number of amides is 3. The third kappa shape index (κ3) is 8.59. The van der Waals surface area contributed by atoms with Gasteiger partial charge in [-0.1, -0.05) is 13.8 Å². The van der Waals surface area contributed by atoms with Crippen molar-refractivity contribution in [1.29, 1.82) is 0 Å². The van der Waals surface area contributed by atoms with Gasteiger partial charge < -0.3 is 32.1 Å². The van der Waals surface area contributed by atoms with Crippen LogP contribution in [0.3, 0.4) is 0 Å². The van der Waals surface area contributed by atoms with Gasteiger partial charge in [-0.15, -0.1) is 0 Å². The van der Waals surface area contributed by atoms with E-state index in [1.807, 2.05) is 6.26 Å². The Morgan fingerprint density at radius 1 is 1.16 bits per heavy atom. The number of carboxylic acids is 1. The van der Waals surface area contributed by atoms with Crippen molar-refractivity contribution in [3.05, 3.63) is 0 Å². The van der Waals surface area contributed by atoms with E-state index in [4.69, 9.17) is 11.5 Å². The van der Waals surface area contributed by atoms with Gasteiger partial charge >= 0.3 is 5.97 Å². The van der Waals surface area contributed by atoms with Crippen molar-refractivity contribution in [3.8, 4) is 0 Å². The molecule has 0 aromatic heterocycles. The molecule has 0 aromatic carbocycles.